The molecule has 2 aromatic carbocycles. The summed E-state index contributed by atoms with van der Waals surface area (Å²) in [6.07, 6.45) is 0.0747. The number of carbonyl (C=O) groups excluding carboxylic acids is 2. The quantitative estimate of drug-likeness (QED) is 0.636. The zero-order chi connectivity index (χ0) is 19.7. The van der Waals surface area contributed by atoms with Gasteiger partial charge in [-0.1, -0.05) is 23.7 Å². The Labute approximate surface area is 161 Å². The van der Waals surface area contributed by atoms with E-state index in [9.17, 15) is 19.7 Å². The Bertz CT molecular complexity index is 945. The average Bonchev–Trinajstić information content (AvgIpc) is 3.01. The number of anilines is 2. The van der Waals surface area contributed by atoms with Crippen LogP contribution in [-0.2, 0) is 9.59 Å². The van der Waals surface area contributed by atoms with E-state index in [0.29, 0.717) is 22.0 Å². The maximum absolute atomic E-state index is 12.6. The molecule has 0 spiro atoms. The lowest BCUT2D eigenvalue weighted by atomic mass is 10.1. The number of amides is 2. The van der Waals surface area contributed by atoms with Crippen LogP contribution in [0.5, 0.6) is 0 Å². The van der Waals surface area contributed by atoms with E-state index < -0.39 is 10.8 Å². The van der Waals surface area contributed by atoms with Crippen molar-refractivity contribution in [2.24, 2.45) is 5.92 Å². The standard InChI is InChI=1S/C19H18ClN3O4/c1-11-3-5-14(8-16(11)20)22-10-13(7-18(22)24)19(25)21-17-9-15(23(26)27)6-4-12(17)2/h3-6,8-9,13H,7,10H2,1-2H3,(H,21,25). The van der Waals surface area contributed by atoms with Crippen LogP contribution in [0.3, 0.4) is 0 Å². The third-order valence-corrected chi connectivity index (χ3v) is 5.06. The minimum Gasteiger partial charge on any atom is -0.325 e. The predicted molar refractivity (Wildman–Crippen MR) is 103 cm³/mol. The molecule has 1 aliphatic rings. The van der Waals surface area contributed by atoms with Crippen LogP contribution >= 0.6 is 11.6 Å². The highest BCUT2D eigenvalue weighted by molar-refractivity contribution is 6.31. The van der Waals surface area contributed by atoms with Crippen molar-refractivity contribution in [1.29, 1.82) is 0 Å². The third kappa shape index (κ3) is 3.93. The molecule has 8 heteroatoms. The average molecular weight is 388 g/mol. The van der Waals surface area contributed by atoms with Gasteiger partial charge in [-0.15, -0.1) is 0 Å². The highest BCUT2D eigenvalue weighted by Crippen LogP contribution is 2.30. The van der Waals surface area contributed by atoms with Gasteiger partial charge in [-0.3, -0.25) is 19.7 Å². The summed E-state index contributed by atoms with van der Waals surface area (Å²) in [6, 6.07) is 9.61. The first kappa shape index (κ1) is 18.8. The zero-order valence-electron chi connectivity index (χ0n) is 14.9. The highest BCUT2D eigenvalue weighted by atomic mass is 35.5. The molecule has 0 radical (unpaired) electrons. The minimum absolute atomic E-state index is 0.0747. The monoisotopic (exact) mass is 387 g/mol. The first-order chi connectivity index (χ1) is 12.8. The fourth-order valence-electron chi connectivity index (χ4n) is 2.98. The van der Waals surface area contributed by atoms with E-state index in [1.54, 1.807) is 25.1 Å². The fourth-order valence-corrected chi connectivity index (χ4v) is 3.15. The first-order valence-corrected chi connectivity index (χ1v) is 8.76. The van der Waals surface area contributed by atoms with Crippen LogP contribution < -0.4 is 10.2 Å². The van der Waals surface area contributed by atoms with Gasteiger partial charge in [0.05, 0.1) is 16.5 Å². The Morgan fingerprint density at radius 1 is 1.22 bits per heavy atom. The number of nitro groups is 1. The molecular weight excluding hydrogens is 370 g/mol. The number of rotatable bonds is 4. The van der Waals surface area contributed by atoms with Crippen molar-refractivity contribution >= 4 is 40.5 Å². The van der Waals surface area contributed by atoms with E-state index >= 15 is 0 Å². The first-order valence-electron chi connectivity index (χ1n) is 8.38. The van der Waals surface area contributed by atoms with E-state index in [0.717, 1.165) is 5.56 Å². The van der Waals surface area contributed by atoms with Crippen LogP contribution in [0.4, 0.5) is 17.1 Å². The molecule has 27 heavy (non-hydrogen) atoms. The molecule has 0 bridgehead atoms. The molecular formula is C19H18ClN3O4. The van der Waals surface area contributed by atoms with Crippen molar-refractivity contribution in [2.45, 2.75) is 20.3 Å². The second-order valence-corrected chi connectivity index (χ2v) is 6.99. The smallest absolute Gasteiger partial charge is 0.271 e. The van der Waals surface area contributed by atoms with Crippen LogP contribution in [0.2, 0.25) is 5.02 Å². The molecule has 1 saturated heterocycles. The van der Waals surface area contributed by atoms with Crippen molar-refractivity contribution in [3.8, 4) is 0 Å². The summed E-state index contributed by atoms with van der Waals surface area (Å²) < 4.78 is 0. The fraction of sp³-hybridized carbons (Fsp3) is 0.263. The number of hydrogen-bond donors (Lipinski definition) is 1. The van der Waals surface area contributed by atoms with E-state index in [1.165, 1.54) is 17.0 Å². The molecule has 0 saturated carbocycles. The Morgan fingerprint density at radius 2 is 1.93 bits per heavy atom. The molecule has 1 aliphatic heterocycles. The second-order valence-electron chi connectivity index (χ2n) is 6.58. The largest absolute Gasteiger partial charge is 0.325 e. The Hall–Kier alpha value is -2.93. The molecule has 1 fully saturated rings. The lowest BCUT2D eigenvalue weighted by Crippen LogP contribution is -2.28. The molecule has 1 heterocycles. The number of aryl methyl sites for hydroxylation is 2. The van der Waals surface area contributed by atoms with Gasteiger partial charge < -0.3 is 10.2 Å². The van der Waals surface area contributed by atoms with E-state index in [-0.39, 0.29) is 30.5 Å². The van der Waals surface area contributed by atoms with Crippen LogP contribution in [0.15, 0.2) is 36.4 Å². The van der Waals surface area contributed by atoms with Gasteiger partial charge in [0.2, 0.25) is 11.8 Å². The van der Waals surface area contributed by atoms with Crippen LogP contribution in [0.1, 0.15) is 17.5 Å². The maximum atomic E-state index is 12.6. The summed E-state index contributed by atoms with van der Waals surface area (Å²) in [5.41, 5.74) is 2.54. The number of nitrogens with zero attached hydrogens (tertiary/aromatic N) is 2. The lowest BCUT2D eigenvalue weighted by molar-refractivity contribution is -0.384. The molecule has 0 aliphatic carbocycles. The van der Waals surface area contributed by atoms with Crippen molar-refractivity contribution in [2.75, 3.05) is 16.8 Å². The molecule has 140 valence electrons. The van der Waals surface area contributed by atoms with E-state index in [1.807, 2.05) is 13.0 Å². The number of non-ortho nitro benzene ring substituents is 1. The van der Waals surface area contributed by atoms with Crippen molar-refractivity contribution in [3.05, 3.63) is 62.7 Å². The Morgan fingerprint density at radius 3 is 2.59 bits per heavy atom. The van der Waals surface area contributed by atoms with Gasteiger partial charge in [0.1, 0.15) is 0 Å². The SMILES string of the molecule is Cc1ccc(N2CC(C(=O)Nc3cc([N+](=O)[O-])ccc3C)CC2=O)cc1Cl. The molecule has 1 N–H and O–H groups in total. The van der Waals surface area contributed by atoms with Gasteiger partial charge in [0, 0.05) is 35.8 Å². The lowest BCUT2D eigenvalue weighted by Gasteiger charge is -2.18. The van der Waals surface area contributed by atoms with Gasteiger partial charge in [0.25, 0.3) is 5.69 Å². The highest BCUT2D eigenvalue weighted by Gasteiger charge is 2.35. The molecule has 1 unspecified atom stereocenters. The normalized spacial score (nSPS) is 16.5. The second kappa shape index (κ2) is 7.36. The number of benzene rings is 2. The summed E-state index contributed by atoms with van der Waals surface area (Å²) in [4.78, 5) is 36.9. The van der Waals surface area contributed by atoms with E-state index in [4.69, 9.17) is 11.6 Å². The van der Waals surface area contributed by atoms with Crippen molar-refractivity contribution in [3.63, 3.8) is 0 Å². The van der Waals surface area contributed by atoms with Crippen molar-refractivity contribution in [1.82, 2.24) is 0 Å². The number of nitrogens with one attached hydrogen (secondary N) is 1. The van der Waals surface area contributed by atoms with Gasteiger partial charge in [-0.25, -0.2) is 0 Å². The van der Waals surface area contributed by atoms with Gasteiger partial charge in [-0.2, -0.15) is 0 Å². The topological polar surface area (TPSA) is 92.6 Å². The summed E-state index contributed by atoms with van der Waals surface area (Å²) in [5, 5.41) is 14.2. The predicted octanol–water partition coefficient (Wildman–Crippen LogP) is 3.86. The number of carbonyl (C=O) groups is 2. The minimum atomic E-state index is -0.545. The molecule has 2 aromatic rings. The molecule has 3 rings (SSSR count). The zero-order valence-corrected chi connectivity index (χ0v) is 15.6. The summed E-state index contributed by atoms with van der Waals surface area (Å²) >= 11 is 6.13. The molecule has 0 aromatic heterocycles. The van der Waals surface area contributed by atoms with Gasteiger partial charge in [-0.05, 0) is 37.1 Å². The molecule has 1 atom stereocenters. The Balaban J connectivity index is 1.75. The Kier molecular flexibility index (Phi) is 5.14. The van der Waals surface area contributed by atoms with Gasteiger partial charge >= 0.3 is 0 Å². The summed E-state index contributed by atoms with van der Waals surface area (Å²) in [5.74, 6) is -1.05. The molecule has 7 nitrogen and oxygen atoms in total. The van der Waals surface area contributed by atoms with Crippen LogP contribution in [-0.4, -0.2) is 23.3 Å². The third-order valence-electron chi connectivity index (χ3n) is 4.65. The molecule has 2 amide bonds. The number of nitro benzene ring substituents is 1. The summed E-state index contributed by atoms with van der Waals surface area (Å²) in [6.45, 7) is 3.85. The van der Waals surface area contributed by atoms with Crippen LogP contribution in [0, 0.1) is 29.9 Å². The van der Waals surface area contributed by atoms with Crippen molar-refractivity contribution < 1.29 is 14.5 Å². The van der Waals surface area contributed by atoms with E-state index in [2.05, 4.69) is 5.32 Å². The number of hydrogen-bond acceptors (Lipinski definition) is 4. The van der Waals surface area contributed by atoms with Crippen LogP contribution in [0.25, 0.3) is 0 Å². The summed E-state index contributed by atoms with van der Waals surface area (Å²) in [7, 11) is 0. The maximum Gasteiger partial charge on any atom is 0.271 e. The van der Waals surface area contributed by atoms with Gasteiger partial charge in [0.15, 0.2) is 0 Å². The number of halogens is 1.